The maximum absolute atomic E-state index is 13.7. The van der Waals surface area contributed by atoms with Crippen LogP contribution in [0.1, 0.15) is 136 Å². The fourth-order valence-corrected chi connectivity index (χ4v) is 12.4. The molecule has 71 heavy (non-hydrogen) atoms. The predicted octanol–water partition coefficient (Wildman–Crippen LogP) is 14.2. The van der Waals surface area contributed by atoms with Crippen LogP contribution in [-0.4, -0.2) is 35.6 Å². The van der Waals surface area contributed by atoms with Crippen LogP contribution in [0.15, 0.2) is 125 Å². The summed E-state index contributed by atoms with van der Waals surface area (Å²) >= 11 is 0. The molecule has 0 saturated heterocycles. The number of allylic oxidation sites excluding steroid dienone is 4. The smallest absolute Gasteiger partial charge is 0.660 e. The second-order valence-electron chi connectivity index (χ2n) is 21.1. The van der Waals surface area contributed by atoms with E-state index in [0.29, 0.717) is 63.9 Å². The second-order valence-corrected chi connectivity index (χ2v) is 21.1. The van der Waals surface area contributed by atoms with Gasteiger partial charge in [0.2, 0.25) is 0 Å². The van der Waals surface area contributed by atoms with E-state index in [-0.39, 0.29) is 49.5 Å². The Hall–Kier alpha value is -5.92. The van der Waals surface area contributed by atoms with Crippen molar-refractivity contribution in [2.24, 2.45) is 57.3 Å². The van der Waals surface area contributed by atoms with Crippen LogP contribution in [0.5, 0.6) is 0 Å². The fourth-order valence-electron chi connectivity index (χ4n) is 12.4. The van der Waals surface area contributed by atoms with Crippen molar-refractivity contribution < 1.29 is 38.5 Å². The number of aliphatic imine (C=N–C) groups is 2. The number of nitrogens with zero attached hydrogens (tertiary/aromatic N) is 4. The molecule has 2 aromatic heterocycles. The Labute approximate surface area is 434 Å². The van der Waals surface area contributed by atoms with E-state index >= 15 is 0 Å². The number of benzene rings is 3. The number of rotatable bonds is 8. The second kappa shape index (κ2) is 21.8. The van der Waals surface area contributed by atoms with Gasteiger partial charge in [-0.25, -0.2) is 9.59 Å². The Kier molecular flexibility index (Phi) is 15.8. The molecule has 2 saturated carbocycles. The van der Waals surface area contributed by atoms with Crippen molar-refractivity contribution in [1.82, 2.24) is 9.97 Å². The first kappa shape index (κ1) is 51.4. The van der Waals surface area contributed by atoms with Crippen LogP contribution in [0.25, 0.3) is 40.1 Å². The summed E-state index contributed by atoms with van der Waals surface area (Å²) in [4.78, 5) is 46.8. The Balaban J connectivity index is 0.000000188. The Morgan fingerprint density at radius 2 is 0.972 bits per heavy atom. The van der Waals surface area contributed by atoms with Crippen LogP contribution in [0.3, 0.4) is 0 Å². The molecule has 8 nitrogen and oxygen atoms in total. The standard InChI is InChI=1S/C31H36N2O2.C31H34N2O2.Zn/c2*1-18-15-19(2)30(20(3)16-18)35-31(34)28-22(5)33-27(29(28)23-11-7-6-8-12-23)17-26-25-14-10-9-13-24(25)21(4)32-26;/h6-14,17-20,24-25,30H,15-16H2,1-5H3,(H,33,34);6-14,17-20,30H,15-16H2,1-5H3,(H,32,33,34);/q;;+2/p-2. The molecule has 0 amide bonds. The van der Waals surface area contributed by atoms with Crippen molar-refractivity contribution in [3.63, 3.8) is 0 Å². The molecule has 6 atom stereocenters. The van der Waals surface area contributed by atoms with Gasteiger partial charge >= 0.3 is 31.4 Å². The first-order valence-corrected chi connectivity index (χ1v) is 25.5. The number of hydrogen-bond acceptors (Lipinski definition) is 6. The van der Waals surface area contributed by atoms with Gasteiger partial charge in [0.25, 0.3) is 0 Å². The molecule has 2 fully saturated rings. The molecule has 3 aromatic carbocycles. The molecule has 3 aliphatic carbocycles. The minimum atomic E-state index is -0.275. The number of ether oxygens (including phenoxy) is 2. The van der Waals surface area contributed by atoms with Crippen LogP contribution in [0.2, 0.25) is 0 Å². The molecule has 0 radical (unpaired) electrons. The van der Waals surface area contributed by atoms with Gasteiger partial charge in [-0.3, -0.25) is 9.98 Å². The molecular weight excluding hydrogens is 930 g/mol. The molecule has 5 aliphatic rings. The summed E-state index contributed by atoms with van der Waals surface area (Å²) in [5.41, 5.74) is 13.9. The number of carbonyl (C=O) groups excluding carboxylic acids is 2. The zero-order valence-corrected chi connectivity index (χ0v) is 46.2. The normalized spacial score (nSPS) is 27.5. The van der Waals surface area contributed by atoms with Gasteiger partial charge in [-0.05, 0) is 103 Å². The molecule has 362 valence electrons. The maximum Gasteiger partial charge on any atom is 2.00 e. The van der Waals surface area contributed by atoms with Gasteiger partial charge in [-0.2, -0.15) is 0 Å². The molecule has 5 aromatic rings. The zero-order chi connectivity index (χ0) is 49.4. The monoisotopic (exact) mass is 996 g/mol. The number of aryl methyl sites for hydroxylation is 2. The van der Waals surface area contributed by atoms with Gasteiger partial charge in [0.1, 0.15) is 12.2 Å². The minimum Gasteiger partial charge on any atom is -0.660 e. The van der Waals surface area contributed by atoms with E-state index in [1.165, 1.54) is 0 Å². The van der Waals surface area contributed by atoms with Crippen molar-refractivity contribution >= 4 is 41.2 Å². The van der Waals surface area contributed by atoms with E-state index in [2.05, 4.69) is 91.0 Å². The maximum atomic E-state index is 13.7. The first-order valence-electron chi connectivity index (χ1n) is 25.5. The van der Waals surface area contributed by atoms with Crippen molar-refractivity contribution in [1.29, 1.82) is 0 Å². The molecule has 0 spiro atoms. The van der Waals surface area contributed by atoms with Crippen molar-refractivity contribution in [2.45, 2.75) is 107 Å². The van der Waals surface area contributed by atoms with Crippen LogP contribution in [-0.2, 0) is 29.0 Å². The molecule has 0 N–H and O–H groups in total. The largest absolute Gasteiger partial charge is 2.00 e. The van der Waals surface area contributed by atoms with E-state index in [9.17, 15) is 9.59 Å². The van der Waals surface area contributed by atoms with E-state index < -0.39 is 0 Å². The summed E-state index contributed by atoms with van der Waals surface area (Å²) in [6, 6.07) is 28.3. The third-order valence-corrected chi connectivity index (χ3v) is 15.4. The number of aromatic nitrogens is 2. The Bertz CT molecular complexity index is 2930. The van der Waals surface area contributed by atoms with E-state index in [4.69, 9.17) is 29.4 Å². The van der Waals surface area contributed by atoms with Crippen molar-refractivity contribution in [3.05, 3.63) is 160 Å². The summed E-state index contributed by atoms with van der Waals surface area (Å²) < 4.78 is 12.5. The van der Waals surface area contributed by atoms with Gasteiger partial charge in [0.15, 0.2) is 0 Å². The molecule has 10 rings (SSSR count). The molecule has 9 heteroatoms. The molecular formula is C62H68N4O4Zn. The van der Waals surface area contributed by atoms with E-state index in [0.717, 1.165) is 93.3 Å². The topological polar surface area (TPSA) is 106 Å². The third-order valence-electron chi connectivity index (χ3n) is 15.4. The zero-order valence-electron chi connectivity index (χ0n) is 43.3. The van der Waals surface area contributed by atoms with Crippen LogP contribution < -0.4 is 9.97 Å². The average molecular weight is 999 g/mol. The van der Waals surface area contributed by atoms with Crippen LogP contribution in [0, 0.1) is 61.2 Å². The molecule has 4 heterocycles. The van der Waals surface area contributed by atoms with Gasteiger partial charge in [-0.15, -0.1) is 22.8 Å². The van der Waals surface area contributed by atoms with E-state index in [1.807, 2.05) is 99.6 Å². The van der Waals surface area contributed by atoms with Crippen molar-refractivity contribution in [2.75, 3.05) is 0 Å². The van der Waals surface area contributed by atoms with Crippen LogP contribution >= 0.6 is 0 Å². The number of esters is 2. The molecule has 2 aliphatic heterocycles. The number of hydrogen-bond donors (Lipinski definition) is 0. The average Bonchev–Trinajstić information content (AvgIpc) is 4.05. The molecule has 6 unspecified atom stereocenters. The van der Waals surface area contributed by atoms with Crippen molar-refractivity contribution in [3.8, 4) is 22.3 Å². The summed E-state index contributed by atoms with van der Waals surface area (Å²) in [6.45, 7) is 21.3. The summed E-state index contributed by atoms with van der Waals surface area (Å²) in [7, 11) is 0. The Morgan fingerprint density at radius 1 is 0.549 bits per heavy atom. The predicted molar refractivity (Wildman–Crippen MR) is 285 cm³/mol. The minimum absolute atomic E-state index is 0. The third kappa shape index (κ3) is 10.7. The summed E-state index contributed by atoms with van der Waals surface area (Å²) in [5, 5.41) is 0. The molecule has 0 bridgehead atoms. The van der Waals surface area contributed by atoms with Gasteiger partial charge < -0.3 is 19.4 Å². The van der Waals surface area contributed by atoms with Gasteiger partial charge in [-0.1, -0.05) is 171 Å². The van der Waals surface area contributed by atoms with Crippen LogP contribution in [0.4, 0.5) is 0 Å². The summed E-state index contributed by atoms with van der Waals surface area (Å²) in [5.74, 6) is 2.68. The number of carbonyl (C=O) groups is 2. The number of fused-ring (bicyclic) bond motifs is 2. The fraction of sp³-hybridized carbons (Fsp3) is 0.387. The Morgan fingerprint density at radius 3 is 1.45 bits per heavy atom. The quantitative estimate of drug-likeness (QED) is 0.113. The van der Waals surface area contributed by atoms with E-state index in [1.54, 1.807) is 0 Å². The summed E-state index contributed by atoms with van der Waals surface area (Å²) in [6.07, 6.45) is 16.9. The van der Waals surface area contributed by atoms with Gasteiger partial charge in [0, 0.05) is 51.2 Å². The van der Waals surface area contributed by atoms with Gasteiger partial charge in [0.05, 0.1) is 5.70 Å². The SMILES string of the molecule is CC1=NC(=Cc2[n-]c(C)c(C(=O)OC3C(C)CC(C)CC3C)c2-c2ccccc2)C2C=CC=CC12.CC1=NC(=Cc2[n-]c(C)c(C(=O)OC3C(C)CC(C)CC3C)c2-c2ccccc2)c2ccccc21.[Zn+2]. The first-order chi connectivity index (χ1) is 33.7.